The van der Waals surface area contributed by atoms with Gasteiger partial charge in [-0.15, -0.1) is 34.8 Å². The summed E-state index contributed by atoms with van der Waals surface area (Å²) in [5.74, 6) is 2.11. The first kappa shape index (κ1) is 38.9. The van der Waals surface area contributed by atoms with Crippen molar-refractivity contribution in [1.29, 1.82) is 0 Å². The predicted molar refractivity (Wildman–Crippen MR) is 240 cm³/mol. The molecule has 1 aliphatic rings. The third kappa shape index (κ3) is 6.40. The third-order valence-corrected chi connectivity index (χ3v) is 15.4. The smallest absolute Gasteiger partial charge is 0.268 e. The van der Waals surface area contributed by atoms with Gasteiger partial charge < -0.3 is 13.9 Å². The van der Waals surface area contributed by atoms with Crippen LogP contribution in [-0.4, -0.2) is 22.2 Å². The number of hydrogen-bond acceptors (Lipinski definition) is 2. The van der Waals surface area contributed by atoms with Crippen molar-refractivity contribution in [3.8, 4) is 39.8 Å². The van der Waals surface area contributed by atoms with Crippen LogP contribution in [0, 0.1) is 18.5 Å². The van der Waals surface area contributed by atoms with Gasteiger partial charge in [0.2, 0.25) is 0 Å². The molecule has 0 fully saturated rings. The van der Waals surface area contributed by atoms with E-state index in [0.717, 1.165) is 44.5 Å². The topological polar surface area (TPSA) is 35.9 Å². The average Bonchev–Trinajstić information content (AvgIpc) is 3.76. The maximum atomic E-state index is 6.74. The maximum absolute atomic E-state index is 6.74. The molecule has 1 aliphatic heterocycles. The van der Waals surface area contributed by atoms with Crippen LogP contribution in [0.25, 0.3) is 61.2 Å². The number of rotatable bonds is 5. The van der Waals surface area contributed by atoms with Crippen LogP contribution in [0.5, 0.6) is 11.5 Å². The van der Waals surface area contributed by atoms with Gasteiger partial charge in [0.15, 0.2) is 0 Å². The molecular formula is C52H46N4OPtSi-2. The molecule has 6 aromatic carbocycles. The van der Waals surface area contributed by atoms with Crippen molar-refractivity contribution < 1.29 is 30.4 Å². The summed E-state index contributed by atoms with van der Waals surface area (Å²) in [6.45, 7) is 18.4. The zero-order chi connectivity index (χ0) is 40.1. The summed E-state index contributed by atoms with van der Waals surface area (Å²) in [6, 6.07) is 52.9. The summed E-state index contributed by atoms with van der Waals surface area (Å²) in [6.07, 6.45) is 5.62. The molecule has 0 unspecified atom stereocenters. The minimum absolute atomic E-state index is 0. The van der Waals surface area contributed by atoms with E-state index in [-0.39, 0.29) is 31.9 Å². The zero-order valence-corrected chi connectivity index (χ0v) is 38.0. The molecule has 10 rings (SSSR count). The van der Waals surface area contributed by atoms with Crippen molar-refractivity contribution in [2.75, 3.05) is 0 Å². The Kier molecular flexibility index (Phi) is 9.26. The van der Waals surface area contributed by atoms with Gasteiger partial charge in [0.1, 0.15) is 5.82 Å². The molecule has 0 amide bonds. The Bertz CT molecular complexity index is 3090. The number of fused-ring (bicyclic) bond motifs is 5. The van der Waals surface area contributed by atoms with E-state index >= 15 is 0 Å². The molecular weight excluding hydrogens is 920 g/mol. The molecule has 0 bridgehead atoms. The van der Waals surface area contributed by atoms with Crippen LogP contribution < -0.4 is 19.7 Å². The van der Waals surface area contributed by atoms with Crippen LogP contribution in [0.15, 0.2) is 134 Å². The minimum Gasteiger partial charge on any atom is -0.510 e. The zero-order valence-electron chi connectivity index (χ0n) is 34.7. The van der Waals surface area contributed by atoms with Crippen LogP contribution >= 0.6 is 0 Å². The number of imidazole rings is 1. The number of aromatic nitrogens is 4. The van der Waals surface area contributed by atoms with E-state index in [1.54, 1.807) is 0 Å². The molecule has 0 atom stereocenters. The quantitative estimate of drug-likeness (QED) is 0.0979. The molecule has 9 aromatic rings. The summed E-state index contributed by atoms with van der Waals surface area (Å²) >= 11 is 0. The number of pyridine rings is 1. The van der Waals surface area contributed by atoms with Gasteiger partial charge >= 0.3 is 0 Å². The second-order valence-electron chi connectivity index (χ2n) is 18.2. The van der Waals surface area contributed by atoms with Gasteiger partial charge in [-0.1, -0.05) is 138 Å². The molecule has 59 heavy (non-hydrogen) atoms. The van der Waals surface area contributed by atoms with Crippen molar-refractivity contribution in [2.45, 2.75) is 65.5 Å². The molecule has 0 aliphatic carbocycles. The summed E-state index contributed by atoms with van der Waals surface area (Å²) in [5, 5.41) is 4.93. The van der Waals surface area contributed by atoms with E-state index in [1.807, 2.05) is 18.3 Å². The van der Waals surface area contributed by atoms with Crippen LogP contribution in [0.4, 0.5) is 0 Å². The normalized spacial score (nSPS) is 13.4. The van der Waals surface area contributed by atoms with Crippen LogP contribution in [0.2, 0.25) is 13.1 Å². The van der Waals surface area contributed by atoms with Crippen molar-refractivity contribution >= 4 is 51.3 Å². The van der Waals surface area contributed by atoms with Gasteiger partial charge in [-0.2, -0.15) is 12.1 Å². The molecule has 0 saturated heterocycles. The molecule has 4 heterocycles. The summed E-state index contributed by atoms with van der Waals surface area (Å²) in [7, 11) is -2.09. The number of benzene rings is 6. The number of nitrogens with zero attached hydrogens (tertiary/aromatic N) is 4. The monoisotopic (exact) mass is 965 g/mol. The molecule has 0 saturated carbocycles. The van der Waals surface area contributed by atoms with Crippen molar-refractivity contribution in [2.24, 2.45) is 0 Å². The largest absolute Gasteiger partial charge is 0.510 e. The molecule has 5 nitrogen and oxygen atoms in total. The first-order valence-electron chi connectivity index (χ1n) is 20.1. The number of hydrogen-bond donors (Lipinski definition) is 0. The first-order valence-corrected chi connectivity index (χ1v) is 23.1. The van der Waals surface area contributed by atoms with Gasteiger partial charge in [0.05, 0.1) is 16.7 Å². The predicted octanol–water partition coefficient (Wildman–Crippen LogP) is 11.0. The molecule has 0 spiro atoms. The van der Waals surface area contributed by atoms with E-state index in [4.69, 9.17) is 9.72 Å². The number of para-hydroxylation sites is 2. The van der Waals surface area contributed by atoms with E-state index in [0.29, 0.717) is 11.5 Å². The summed E-state index contributed by atoms with van der Waals surface area (Å²) < 4.78 is 13.3. The Labute approximate surface area is 362 Å². The Hall–Kier alpha value is -5.55. The van der Waals surface area contributed by atoms with Crippen LogP contribution in [0.1, 0.15) is 52.7 Å². The van der Waals surface area contributed by atoms with E-state index in [1.165, 1.54) is 38.1 Å². The minimum atomic E-state index is -2.09. The van der Waals surface area contributed by atoms with Gasteiger partial charge in [0, 0.05) is 52.4 Å². The fraction of sp³-hybridized carbons (Fsp3) is 0.192. The fourth-order valence-corrected chi connectivity index (χ4v) is 11.7. The Morgan fingerprint density at radius 3 is 2.19 bits per heavy atom. The van der Waals surface area contributed by atoms with Crippen molar-refractivity contribution in [3.05, 3.63) is 163 Å². The SMILES string of the molecule is CC(C)(C)c1ccnc(-n2c3[c-]c(Oc4[c-]c5c(cc4)[Si](C)(C)c4cccc6c4n-5[c-][n+]6-c4ccccc4)ccc3c3ccc(-c4ccccc4C(C)(C)C)cc32)c1.[Pt]. The van der Waals surface area contributed by atoms with E-state index in [9.17, 15) is 0 Å². The molecule has 296 valence electrons. The van der Waals surface area contributed by atoms with E-state index in [2.05, 4.69) is 202 Å². The van der Waals surface area contributed by atoms with Crippen molar-refractivity contribution in [3.63, 3.8) is 0 Å². The maximum Gasteiger partial charge on any atom is 0.268 e. The van der Waals surface area contributed by atoms with Crippen LogP contribution in [-0.2, 0) is 31.9 Å². The molecule has 0 N–H and O–H groups in total. The van der Waals surface area contributed by atoms with Gasteiger partial charge in [0.25, 0.3) is 6.33 Å². The molecule has 0 radical (unpaired) electrons. The Morgan fingerprint density at radius 2 is 1.41 bits per heavy atom. The van der Waals surface area contributed by atoms with Gasteiger partial charge in [-0.3, -0.25) is 4.57 Å². The molecule has 7 heteroatoms. The summed E-state index contributed by atoms with van der Waals surface area (Å²) in [5.41, 5.74) is 11.3. The summed E-state index contributed by atoms with van der Waals surface area (Å²) in [4.78, 5) is 4.98. The van der Waals surface area contributed by atoms with Gasteiger partial charge in [-0.25, -0.2) is 4.98 Å². The molecule has 3 aromatic heterocycles. The Morgan fingerprint density at radius 1 is 0.678 bits per heavy atom. The second-order valence-corrected chi connectivity index (χ2v) is 22.5. The average molecular weight is 966 g/mol. The fourth-order valence-electron chi connectivity index (χ4n) is 8.84. The third-order valence-electron chi connectivity index (χ3n) is 11.9. The van der Waals surface area contributed by atoms with Crippen molar-refractivity contribution in [1.82, 2.24) is 14.1 Å². The van der Waals surface area contributed by atoms with Gasteiger partial charge in [-0.05, 0) is 74.5 Å². The Balaban J connectivity index is 0.00000449. The first-order chi connectivity index (χ1) is 27.8. The second kappa shape index (κ2) is 14.0. The van der Waals surface area contributed by atoms with Crippen LogP contribution in [0.3, 0.4) is 0 Å². The standard InChI is InChI=1S/C52H46N4OSi.Pt/c1-51(2,3)35-27-28-53-49(30-35)56-44-29-34(39-17-12-13-18-42(39)52(4,5)6)21-24-40(44)41-25-22-37(31-45(41)56)57-38-23-26-47-46(32-38)55-33-54(36-15-10-9-11-16-36)43-19-14-20-48(50(43)55)58(47,7)8;/h9-30H,1-8H3;/q-2;. The number of ether oxygens (including phenoxy) is 1. The van der Waals surface area contributed by atoms with E-state index < -0.39 is 8.07 Å².